The van der Waals surface area contributed by atoms with Crippen molar-refractivity contribution in [3.05, 3.63) is 23.8 Å². The third kappa shape index (κ3) is 6.66. The quantitative estimate of drug-likeness (QED) is 0.778. The zero-order chi connectivity index (χ0) is 16.8. The molecule has 1 rings (SSSR count). The summed E-state index contributed by atoms with van der Waals surface area (Å²) in [5.41, 5.74) is 4.81. The molecule has 0 aliphatic carbocycles. The van der Waals surface area contributed by atoms with E-state index in [9.17, 15) is 18.0 Å². The second-order valence-electron chi connectivity index (χ2n) is 4.94. The van der Waals surface area contributed by atoms with Crippen molar-refractivity contribution in [2.45, 2.75) is 45.3 Å². The fraction of sp³-hybridized carbons (Fsp3) is 0.533. The molecule has 3 N–H and O–H groups in total. The van der Waals surface area contributed by atoms with Gasteiger partial charge < -0.3 is 15.8 Å². The van der Waals surface area contributed by atoms with Crippen LogP contribution < -0.4 is 15.8 Å². The largest absolute Gasteiger partial charge is 0.491 e. The minimum absolute atomic E-state index is 0. The molecule has 0 spiro atoms. The highest BCUT2D eigenvalue weighted by Crippen LogP contribution is 2.35. The smallest absolute Gasteiger partial charge is 0.416 e. The van der Waals surface area contributed by atoms with Crippen LogP contribution in [0.4, 0.5) is 18.9 Å². The lowest BCUT2D eigenvalue weighted by Gasteiger charge is -2.17. The van der Waals surface area contributed by atoms with E-state index in [2.05, 4.69) is 5.32 Å². The van der Waals surface area contributed by atoms with Gasteiger partial charge in [-0.25, -0.2) is 0 Å². The van der Waals surface area contributed by atoms with Gasteiger partial charge in [-0.3, -0.25) is 4.79 Å². The molecule has 0 aliphatic rings. The van der Waals surface area contributed by atoms with Gasteiger partial charge in [0.2, 0.25) is 5.91 Å². The standard InChI is InChI=1S/C15H21F3N2O2.ClH/c1-3-5-11(19)14(21)20-12-9-10(15(16,17)18)6-7-13(12)22-8-4-2;/h6-7,9,11H,3-5,8,19H2,1-2H3,(H,20,21);1H. The number of anilines is 1. The summed E-state index contributed by atoms with van der Waals surface area (Å²) >= 11 is 0. The molecular weight excluding hydrogens is 333 g/mol. The monoisotopic (exact) mass is 354 g/mol. The molecule has 0 aromatic heterocycles. The van der Waals surface area contributed by atoms with Crippen molar-refractivity contribution >= 4 is 24.0 Å². The number of nitrogens with one attached hydrogen (secondary N) is 1. The van der Waals surface area contributed by atoms with E-state index >= 15 is 0 Å². The van der Waals surface area contributed by atoms with Crippen LogP contribution in [0.3, 0.4) is 0 Å². The molecule has 1 aromatic carbocycles. The van der Waals surface area contributed by atoms with Crippen LogP contribution in [0.15, 0.2) is 18.2 Å². The van der Waals surface area contributed by atoms with Crippen LogP contribution in [0.1, 0.15) is 38.7 Å². The number of amides is 1. The highest BCUT2D eigenvalue weighted by molar-refractivity contribution is 5.96. The van der Waals surface area contributed by atoms with Gasteiger partial charge in [-0.15, -0.1) is 12.4 Å². The summed E-state index contributed by atoms with van der Waals surface area (Å²) < 4.78 is 43.7. The number of carbonyl (C=O) groups excluding carboxylic acids is 1. The van der Waals surface area contributed by atoms with Gasteiger partial charge in [0.25, 0.3) is 0 Å². The van der Waals surface area contributed by atoms with Crippen molar-refractivity contribution in [2.24, 2.45) is 5.73 Å². The fourth-order valence-electron chi connectivity index (χ4n) is 1.81. The predicted molar refractivity (Wildman–Crippen MR) is 86.0 cm³/mol. The minimum atomic E-state index is -4.49. The number of benzene rings is 1. The van der Waals surface area contributed by atoms with Gasteiger partial charge in [-0.2, -0.15) is 13.2 Å². The molecule has 132 valence electrons. The average molecular weight is 355 g/mol. The van der Waals surface area contributed by atoms with Gasteiger partial charge in [0.05, 0.1) is 23.9 Å². The molecule has 0 aliphatic heterocycles. The van der Waals surface area contributed by atoms with Crippen molar-refractivity contribution < 1.29 is 22.7 Å². The van der Waals surface area contributed by atoms with Crippen LogP contribution >= 0.6 is 12.4 Å². The molecule has 23 heavy (non-hydrogen) atoms. The Bertz CT molecular complexity index is 510. The lowest BCUT2D eigenvalue weighted by molar-refractivity contribution is -0.137. The van der Waals surface area contributed by atoms with Crippen molar-refractivity contribution in [1.82, 2.24) is 0 Å². The molecule has 1 amide bonds. The van der Waals surface area contributed by atoms with E-state index in [0.29, 0.717) is 25.9 Å². The van der Waals surface area contributed by atoms with E-state index in [1.807, 2.05) is 13.8 Å². The first-order chi connectivity index (χ1) is 10.3. The van der Waals surface area contributed by atoms with Crippen LogP contribution in [-0.2, 0) is 11.0 Å². The summed E-state index contributed by atoms with van der Waals surface area (Å²) in [5.74, 6) is -0.325. The van der Waals surface area contributed by atoms with E-state index in [-0.39, 0.29) is 23.8 Å². The van der Waals surface area contributed by atoms with E-state index in [1.54, 1.807) is 0 Å². The molecule has 0 saturated carbocycles. The third-order valence-electron chi connectivity index (χ3n) is 2.96. The van der Waals surface area contributed by atoms with Gasteiger partial charge in [-0.05, 0) is 31.0 Å². The molecule has 0 bridgehead atoms. The van der Waals surface area contributed by atoms with E-state index < -0.39 is 23.7 Å². The number of hydrogen-bond donors (Lipinski definition) is 2. The van der Waals surface area contributed by atoms with Crippen LogP contribution in [0.25, 0.3) is 0 Å². The second-order valence-corrected chi connectivity index (χ2v) is 4.94. The number of ether oxygens (including phenoxy) is 1. The fourth-order valence-corrected chi connectivity index (χ4v) is 1.81. The number of carbonyl (C=O) groups is 1. The number of rotatable bonds is 7. The van der Waals surface area contributed by atoms with Gasteiger partial charge in [0, 0.05) is 0 Å². The highest BCUT2D eigenvalue weighted by atomic mass is 35.5. The minimum Gasteiger partial charge on any atom is -0.491 e. The molecule has 1 unspecified atom stereocenters. The SMILES string of the molecule is CCCOc1ccc(C(F)(F)F)cc1NC(=O)C(N)CCC.Cl. The molecule has 0 heterocycles. The summed E-state index contributed by atoms with van der Waals surface area (Å²) in [4.78, 5) is 11.9. The van der Waals surface area contributed by atoms with Gasteiger partial charge >= 0.3 is 6.18 Å². The van der Waals surface area contributed by atoms with Crippen molar-refractivity contribution in [1.29, 1.82) is 0 Å². The van der Waals surface area contributed by atoms with Crippen molar-refractivity contribution in [2.75, 3.05) is 11.9 Å². The molecule has 1 aromatic rings. The van der Waals surface area contributed by atoms with Crippen molar-refractivity contribution in [3.8, 4) is 5.75 Å². The molecular formula is C15H22ClF3N2O2. The van der Waals surface area contributed by atoms with Gasteiger partial charge in [-0.1, -0.05) is 20.3 Å². The number of halogens is 4. The maximum atomic E-state index is 12.8. The molecule has 0 fully saturated rings. The van der Waals surface area contributed by atoms with E-state index in [0.717, 1.165) is 12.1 Å². The summed E-state index contributed by atoms with van der Waals surface area (Å²) in [7, 11) is 0. The van der Waals surface area contributed by atoms with Crippen LogP contribution in [0, 0.1) is 0 Å². The summed E-state index contributed by atoms with van der Waals surface area (Å²) in [6.07, 6.45) is -2.63. The Labute approximate surface area is 140 Å². The van der Waals surface area contributed by atoms with Gasteiger partial charge in [0.1, 0.15) is 5.75 Å². The first kappa shape index (κ1) is 21.5. The van der Waals surface area contributed by atoms with E-state index in [1.165, 1.54) is 6.07 Å². The first-order valence-electron chi connectivity index (χ1n) is 7.20. The Balaban J connectivity index is 0.00000484. The van der Waals surface area contributed by atoms with E-state index in [4.69, 9.17) is 10.5 Å². The lowest BCUT2D eigenvalue weighted by Crippen LogP contribution is -2.35. The first-order valence-corrected chi connectivity index (χ1v) is 7.20. The molecule has 4 nitrogen and oxygen atoms in total. The molecule has 0 saturated heterocycles. The van der Waals surface area contributed by atoms with Crippen LogP contribution in [0.2, 0.25) is 0 Å². The topological polar surface area (TPSA) is 64.3 Å². The Morgan fingerprint density at radius 1 is 1.30 bits per heavy atom. The highest BCUT2D eigenvalue weighted by Gasteiger charge is 2.31. The Morgan fingerprint density at radius 3 is 2.48 bits per heavy atom. The predicted octanol–water partition coefficient (Wildman–Crippen LogP) is 3.98. The average Bonchev–Trinajstić information content (AvgIpc) is 2.45. The Morgan fingerprint density at radius 2 is 1.96 bits per heavy atom. The maximum Gasteiger partial charge on any atom is 0.416 e. The Hall–Kier alpha value is -1.47. The molecule has 1 atom stereocenters. The zero-order valence-electron chi connectivity index (χ0n) is 13.1. The van der Waals surface area contributed by atoms with Crippen LogP contribution in [0.5, 0.6) is 5.75 Å². The number of nitrogens with two attached hydrogens (primary N) is 1. The summed E-state index contributed by atoms with van der Waals surface area (Å²) in [6.45, 7) is 4.09. The van der Waals surface area contributed by atoms with Gasteiger partial charge in [0.15, 0.2) is 0 Å². The maximum absolute atomic E-state index is 12.8. The van der Waals surface area contributed by atoms with Crippen LogP contribution in [-0.4, -0.2) is 18.6 Å². The Kier molecular flexibility index (Phi) is 9.01. The van der Waals surface area contributed by atoms with Crippen molar-refractivity contribution in [3.63, 3.8) is 0 Å². The summed E-state index contributed by atoms with van der Waals surface area (Å²) in [6, 6.07) is 2.23. The summed E-state index contributed by atoms with van der Waals surface area (Å²) in [5, 5.41) is 2.43. The number of alkyl halides is 3. The third-order valence-corrected chi connectivity index (χ3v) is 2.96. The number of hydrogen-bond acceptors (Lipinski definition) is 3. The molecule has 0 radical (unpaired) electrons. The zero-order valence-corrected chi connectivity index (χ0v) is 13.9. The molecule has 8 heteroatoms. The second kappa shape index (κ2) is 9.62. The lowest BCUT2D eigenvalue weighted by atomic mass is 10.1. The normalized spacial score (nSPS) is 12.3.